The summed E-state index contributed by atoms with van der Waals surface area (Å²) in [5.41, 5.74) is 1.40. The molecule has 2 amide bonds. The average molecular weight is 391 g/mol. The van der Waals surface area contributed by atoms with Crippen LogP contribution >= 0.6 is 0 Å². The first-order valence-electron chi connectivity index (χ1n) is 10.1. The summed E-state index contributed by atoms with van der Waals surface area (Å²) in [6, 6.07) is 8.29. The van der Waals surface area contributed by atoms with Gasteiger partial charge in [0.2, 0.25) is 11.8 Å². The number of amides is 2. The Kier molecular flexibility index (Phi) is 8.30. The molecule has 0 unspecified atom stereocenters. The minimum absolute atomic E-state index is 0.0139. The molecule has 1 saturated heterocycles. The molecule has 6 nitrogen and oxygen atoms in total. The van der Waals surface area contributed by atoms with E-state index in [0.29, 0.717) is 32.5 Å². The fourth-order valence-electron chi connectivity index (χ4n) is 3.26. The molecule has 0 bridgehead atoms. The monoisotopic (exact) mass is 390 g/mol. The second kappa shape index (κ2) is 10.5. The van der Waals surface area contributed by atoms with E-state index < -0.39 is 0 Å². The lowest BCUT2D eigenvalue weighted by Gasteiger charge is -2.32. The zero-order valence-electron chi connectivity index (χ0n) is 17.6. The number of hydrogen-bond acceptors (Lipinski definition) is 4. The Balaban J connectivity index is 1.61. The summed E-state index contributed by atoms with van der Waals surface area (Å²) in [5.74, 6) is 0.898. The molecule has 1 aromatic carbocycles. The topological polar surface area (TPSA) is 67.9 Å². The first-order chi connectivity index (χ1) is 13.3. The lowest BCUT2D eigenvalue weighted by Crippen LogP contribution is -2.47. The second-order valence-corrected chi connectivity index (χ2v) is 8.38. The summed E-state index contributed by atoms with van der Waals surface area (Å²) in [6.45, 7) is 8.53. The minimum Gasteiger partial charge on any atom is -0.494 e. The molecule has 6 heteroatoms. The summed E-state index contributed by atoms with van der Waals surface area (Å²) in [4.78, 5) is 25.7. The van der Waals surface area contributed by atoms with Crippen LogP contribution in [-0.2, 0) is 19.7 Å². The maximum Gasteiger partial charge on any atom is 0.248 e. The van der Waals surface area contributed by atoms with Gasteiger partial charge in [0.15, 0.2) is 0 Å². The third kappa shape index (κ3) is 7.15. The molecule has 1 heterocycles. The Hall–Kier alpha value is -2.08. The number of hydrogen-bond donors (Lipinski definition) is 1. The largest absolute Gasteiger partial charge is 0.494 e. The van der Waals surface area contributed by atoms with Gasteiger partial charge in [-0.2, -0.15) is 0 Å². The summed E-state index contributed by atoms with van der Waals surface area (Å²) in [5, 5.41) is 3.07. The standard InChI is InChI=1S/C22H34N2O4/c1-22(2,3)17-7-9-19(10-8-17)28-15-5-6-20(25)23-18-11-13-24(14-12-18)21(26)16-27-4/h7-10,18H,5-6,11-16H2,1-4H3,(H,23,25). The molecule has 156 valence electrons. The van der Waals surface area contributed by atoms with Crippen LogP contribution in [0.2, 0.25) is 0 Å². The molecule has 28 heavy (non-hydrogen) atoms. The minimum atomic E-state index is 0.0139. The molecule has 1 aromatic rings. The molecule has 0 radical (unpaired) electrons. The van der Waals surface area contributed by atoms with Gasteiger partial charge in [0.05, 0.1) is 6.61 Å². The molecule has 1 aliphatic rings. The lowest BCUT2D eigenvalue weighted by atomic mass is 9.87. The van der Waals surface area contributed by atoms with Crippen LogP contribution in [0.4, 0.5) is 0 Å². The van der Waals surface area contributed by atoms with E-state index in [1.807, 2.05) is 12.1 Å². The maximum atomic E-state index is 12.1. The summed E-state index contributed by atoms with van der Waals surface area (Å²) in [7, 11) is 1.52. The van der Waals surface area contributed by atoms with Gasteiger partial charge < -0.3 is 19.7 Å². The maximum absolute atomic E-state index is 12.1. The number of carbonyl (C=O) groups excluding carboxylic acids is 2. The highest BCUT2D eigenvalue weighted by Crippen LogP contribution is 2.24. The van der Waals surface area contributed by atoms with Crippen molar-refractivity contribution in [1.29, 1.82) is 0 Å². The van der Waals surface area contributed by atoms with E-state index in [9.17, 15) is 9.59 Å². The molecule has 0 atom stereocenters. The van der Waals surface area contributed by atoms with Crippen LogP contribution in [0.3, 0.4) is 0 Å². The molecule has 0 spiro atoms. The third-order valence-corrected chi connectivity index (χ3v) is 5.02. The van der Waals surface area contributed by atoms with E-state index in [-0.39, 0.29) is 29.9 Å². The predicted octanol–water partition coefficient (Wildman–Crippen LogP) is 2.90. The molecule has 0 saturated carbocycles. The van der Waals surface area contributed by atoms with Gasteiger partial charge in [0, 0.05) is 32.7 Å². The van der Waals surface area contributed by atoms with E-state index >= 15 is 0 Å². The Morgan fingerprint density at radius 1 is 1.14 bits per heavy atom. The number of ether oxygens (including phenoxy) is 2. The molecule has 1 fully saturated rings. The van der Waals surface area contributed by atoms with Crippen LogP contribution in [0.15, 0.2) is 24.3 Å². The third-order valence-electron chi connectivity index (χ3n) is 5.02. The SMILES string of the molecule is COCC(=O)N1CCC(NC(=O)CCCOc2ccc(C(C)(C)C)cc2)CC1. The molecule has 2 rings (SSSR count). The number of benzene rings is 1. The zero-order chi connectivity index (χ0) is 20.6. The van der Waals surface area contributed by atoms with E-state index in [2.05, 4.69) is 38.2 Å². The Morgan fingerprint density at radius 3 is 2.36 bits per heavy atom. The highest BCUT2D eigenvalue weighted by Gasteiger charge is 2.23. The van der Waals surface area contributed by atoms with Crippen molar-refractivity contribution in [2.45, 2.75) is 57.9 Å². The summed E-state index contributed by atoms with van der Waals surface area (Å²) < 4.78 is 10.6. The molecule has 1 N–H and O–H groups in total. The van der Waals surface area contributed by atoms with Gasteiger partial charge in [-0.15, -0.1) is 0 Å². The van der Waals surface area contributed by atoms with Crippen LogP contribution in [0.25, 0.3) is 0 Å². The van der Waals surface area contributed by atoms with Gasteiger partial charge in [-0.3, -0.25) is 9.59 Å². The van der Waals surface area contributed by atoms with Crippen molar-refractivity contribution in [3.63, 3.8) is 0 Å². The summed E-state index contributed by atoms with van der Waals surface area (Å²) >= 11 is 0. The smallest absolute Gasteiger partial charge is 0.248 e. The van der Waals surface area contributed by atoms with Gasteiger partial charge in [-0.05, 0) is 42.4 Å². The fraction of sp³-hybridized carbons (Fsp3) is 0.636. The number of piperidine rings is 1. The van der Waals surface area contributed by atoms with E-state index in [4.69, 9.17) is 9.47 Å². The van der Waals surface area contributed by atoms with Crippen molar-refractivity contribution in [3.05, 3.63) is 29.8 Å². The van der Waals surface area contributed by atoms with Crippen molar-refractivity contribution >= 4 is 11.8 Å². The van der Waals surface area contributed by atoms with E-state index in [1.165, 1.54) is 12.7 Å². The van der Waals surface area contributed by atoms with Gasteiger partial charge in [0.1, 0.15) is 12.4 Å². The normalized spacial score (nSPS) is 15.4. The molecular formula is C22H34N2O4. The van der Waals surface area contributed by atoms with Gasteiger partial charge in [-0.25, -0.2) is 0 Å². The molecule has 0 aromatic heterocycles. The number of carbonyl (C=O) groups is 2. The average Bonchev–Trinajstić information content (AvgIpc) is 2.66. The van der Waals surface area contributed by atoms with Crippen molar-refractivity contribution in [2.24, 2.45) is 0 Å². The number of methoxy groups -OCH3 is 1. The first-order valence-corrected chi connectivity index (χ1v) is 10.1. The highest BCUT2D eigenvalue weighted by molar-refractivity contribution is 5.78. The zero-order valence-corrected chi connectivity index (χ0v) is 17.6. The van der Waals surface area contributed by atoms with Gasteiger partial charge in [-0.1, -0.05) is 32.9 Å². The molecule has 1 aliphatic heterocycles. The van der Waals surface area contributed by atoms with E-state index in [1.54, 1.807) is 4.90 Å². The van der Waals surface area contributed by atoms with Crippen molar-refractivity contribution in [3.8, 4) is 5.75 Å². The predicted molar refractivity (Wildman–Crippen MR) is 109 cm³/mol. The Bertz CT molecular complexity index is 629. The van der Waals surface area contributed by atoms with Crippen molar-refractivity contribution in [1.82, 2.24) is 10.2 Å². The fourth-order valence-corrected chi connectivity index (χ4v) is 3.26. The second-order valence-electron chi connectivity index (χ2n) is 8.38. The number of nitrogens with one attached hydrogen (secondary N) is 1. The van der Waals surface area contributed by atoms with Crippen LogP contribution in [0.5, 0.6) is 5.75 Å². The molecule has 0 aliphatic carbocycles. The number of nitrogens with zero attached hydrogens (tertiary/aromatic N) is 1. The Morgan fingerprint density at radius 2 is 1.79 bits per heavy atom. The van der Waals surface area contributed by atoms with Crippen molar-refractivity contribution in [2.75, 3.05) is 33.4 Å². The number of likely N-dealkylation sites (tertiary alicyclic amines) is 1. The van der Waals surface area contributed by atoms with Gasteiger partial charge in [0.25, 0.3) is 0 Å². The summed E-state index contributed by atoms with van der Waals surface area (Å²) in [6.07, 6.45) is 2.70. The lowest BCUT2D eigenvalue weighted by molar-refractivity contribution is -0.136. The quantitative estimate of drug-likeness (QED) is 0.693. The Labute approximate surface area is 168 Å². The highest BCUT2D eigenvalue weighted by atomic mass is 16.5. The number of rotatable bonds is 8. The first kappa shape index (κ1) is 22.2. The van der Waals surface area contributed by atoms with Crippen LogP contribution < -0.4 is 10.1 Å². The van der Waals surface area contributed by atoms with Crippen LogP contribution in [-0.4, -0.2) is 56.2 Å². The van der Waals surface area contributed by atoms with Crippen LogP contribution in [0.1, 0.15) is 52.0 Å². The van der Waals surface area contributed by atoms with Crippen LogP contribution in [0, 0.1) is 0 Å². The van der Waals surface area contributed by atoms with Gasteiger partial charge >= 0.3 is 0 Å². The molecular weight excluding hydrogens is 356 g/mol. The van der Waals surface area contributed by atoms with E-state index in [0.717, 1.165) is 18.6 Å². The van der Waals surface area contributed by atoms with Crippen molar-refractivity contribution < 1.29 is 19.1 Å².